The molecule has 2 aromatic carbocycles. The molecule has 1 saturated heterocycles. The summed E-state index contributed by atoms with van der Waals surface area (Å²) in [6.07, 6.45) is 2.60. The molecule has 0 unspecified atom stereocenters. The number of pyridine rings is 1. The first-order valence-corrected chi connectivity index (χ1v) is 13.1. The molecule has 0 saturated carbocycles. The normalized spacial score (nSPS) is 18.1. The highest BCUT2D eigenvalue weighted by molar-refractivity contribution is 5.73. The standard InChI is InChI=1S/C30H37N3O5/c1-24-9-14-29(35)32(19-24)15-6-18-37-28-12-10-26(11-13-28)20-31-16-17-33(25(2)34)22-30(36,21-31)23-38-27-7-4-3-5-8-27/h3-5,7-14,19,36H,6,15-18,20-23H2,1-2H3/t30-/m0/s1. The molecule has 1 atom stereocenters. The molecule has 2 heterocycles. The Hall–Kier alpha value is -3.62. The predicted octanol–water partition coefficient (Wildman–Crippen LogP) is 3.10. The Morgan fingerprint density at radius 2 is 1.68 bits per heavy atom. The molecular weight excluding hydrogens is 482 g/mol. The largest absolute Gasteiger partial charge is 0.494 e. The second-order valence-corrected chi connectivity index (χ2v) is 10.1. The third kappa shape index (κ3) is 7.94. The van der Waals surface area contributed by atoms with Crippen molar-refractivity contribution in [3.63, 3.8) is 0 Å². The molecule has 0 radical (unpaired) electrons. The summed E-state index contributed by atoms with van der Waals surface area (Å²) in [6.45, 7) is 7.19. The van der Waals surface area contributed by atoms with Crippen LogP contribution in [0, 0.1) is 6.92 Å². The topological polar surface area (TPSA) is 84.2 Å². The van der Waals surface area contributed by atoms with E-state index in [0.29, 0.717) is 45.1 Å². The summed E-state index contributed by atoms with van der Waals surface area (Å²) in [5.41, 5.74) is 0.951. The van der Waals surface area contributed by atoms with Crippen LogP contribution in [-0.2, 0) is 17.9 Å². The predicted molar refractivity (Wildman–Crippen MR) is 146 cm³/mol. The summed E-state index contributed by atoms with van der Waals surface area (Å²) < 4.78 is 13.5. The number of benzene rings is 2. The van der Waals surface area contributed by atoms with Crippen LogP contribution in [0.4, 0.5) is 0 Å². The van der Waals surface area contributed by atoms with Crippen molar-refractivity contribution in [2.75, 3.05) is 39.4 Å². The lowest BCUT2D eigenvalue weighted by Gasteiger charge is -2.32. The number of carbonyl (C=O) groups excluding carboxylic acids is 1. The van der Waals surface area contributed by atoms with Crippen LogP contribution in [0.25, 0.3) is 0 Å². The Kier molecular flexibility index (Phi) is 9.20. The lowest BCUT2D eigenvalue weighted by atomic mass is 10.0. The number of amides is 1. The van der Waals surface area contributed by atoms with E-state index in [2.05, 4.69) is 4.90 Å². The zero-order valence-electron chi connectivity index (χ0n) is 22.2. The van der Waals surface area contributed by atoms with E-state index in [4.69, 9.17) is 9.47 Å². The number of aromatic nitrogens is 1. The maximum Gasteiger partial charge on any atom is 0.250 e. The number of rotatable bonds is 10. The van der Waals surface area contributed by atoms with E-state index >= 15 is 0 Å². The van der Waals surface area contributed by atoms with Crippen LogP contribution in [-0.4, -0.2) is 70.4 Å². The molecule has 4 rings (SSSR count). The van der Waals surface area contributed by atoms with Crippen LogP contribution < -0.4 is 15.0 Å². The van der Waals surface area contributed by atoms with Crippen LogP contribution in [0.1, 0.15) is 24.5 Å². The zero-order valence-corrected chi connectivity index (χ0v) is 22.2. The lowest BCUT2D eigenvalue weighted by Crippen LogP contribution is -2.51. The fourth-order valence-electron chi connectivity index (χ4n) is 4.67. The summed E-state index contributed by atoms with van der Waals surface area (Å²) in [6, 6.07) is 20.7. The number of nitrogens with zero attached hydrogens (tertiary/aromatic N) is 3. The Morgan fingerprint density at radius 1 is 0.947 bits per heavy atom. The molecule has 0 bridgehead atoms. The molecule has 1 N–H and O–H groups in total. The van der Waals surface area contributed by atoms with Gasteiger partial charge in [0.15, 0.2) is 0 Å². The molecular formula is C30H37N3O5. The van der Waals surface area contributed by atoms with Crippen LogP contribution in [0.3, 0.4) is 0 Å². The highest BCUT2D eigenvalue weighted by Crippen LogP contribution is 2.21. The van der Waals surface area contributed by atoms with Gasteiger partial charge in [0.05, 0.1) is 13.2 Å². The number of aliphatic hydroxyl groups is 1. The molecule has 3 aromatic rings. The van der Waals surface area contributed by atoms with Gasteiger partial charge in [-0.05, 0) is 48.7 Å². The SMILES string of the molecule is CC(=O)N1CCN(Cc2ccc(OCCCn3cc(C)ccc3=O)cc2)C[C@@](O)(COc2ccccc2)C1. The van der Waals surface area contributed by atoms with E-state index < -0.39 is 5.60 Å². The first kappa shape index (κ1) is 27.4. The van der Waals surface area contributed by atoms with E-state index in [9.17, 15) is 14.7 Å². The van der Waals surface area contributed by atoms with Crippen molar-refractivity contribution in [3.05, 3.63) is 94.4 Å². The summed E-state index contributed by atoms with van der Waals surface area (Å²) in [5, 5.41) is 11.5. The Bertz CT molecular complexity index is 1240. The number of ether oxygens (including phenoxy) is 2. The third-order valence-electron chi connectivity index (χ3n) is 6.66. The molecule has 8 heteroatoms. The number of para-hydroxylation sites is 1. The molecule has 38 heavy (non-hydrogen) atoms. The first-order chi connectivity index (χ1) is 18.3. The Balaban J connectivity index is 1.31. The van der Waals surface area contributed by atoms with Crippen LogP contribution in [0.15, 0.2) is 77.7 Å². The number of carbonyl (C=O) groups is 1. The molecule has 1 aliphatic rings. The molecule has 0 spiro atoms. The third-order valence-corrected chi connectivity index (χ3v) is 6.66. The lowest BCUT2D eigenvalue weighted by molar-refractivity contribution is -0.132. The number of β-amino-alcohol motifs (C(OH)–C–C–N with tert-alkyl or cyclic N) is 1. The minimum atomic E-state index is -1.19. The van der Waals surface area contributed by atoms with E-state index in [0.717, 1.165) is 23.3 Å². The average molecular weight is 520 g/mol. The molecule has 1 amide bonds. The second kappa shape index (κ2) is 12.8. The maximum atomic E-state index is 12.2. The first-order valence-electron chi connectivity index (χ1n) is 13.1. The molecule has 0 aliphatic carbocycles. The van der Waals surface area contributed by atoms with Crippen LogP contribution in [0.2, 0.25) is 0 Å². The van der Waals surface area contributed by atoms with Crippen molar-refractivity contribution < 1.29 is 19.4 Å². The van der Waals surface area contributed by atoms with Crippen molar-refractivity contribution in [1.82, 2.24) is 14.4 Å². The van der Waals surface area contributed by atoms with Gasteiger partial charge in [-0.2, -0.15) is 0 Å². The quantitative estimate of drug-likeness (QED) is 0.415. The fourth-order valence-corrected chi connectivity index (χ4v) is 4.67. The van der Waals surface area contributed by atoms with Gasteiger partial charge in [0.25, 0.3) is 5.56 Å². The molecule has 1 fully saturated rings. The van der Waals surface area contributed by atoms with E-state index in [1.54, 1.807) is 15.5 Å². The van der Waals surface area contributed by atoms with Gasteiger partial charge in [-0.1, -0.05) is 36.4 Å². The van der Waals surface area contributed by atoms with Crippen molar-refractivity contribution in [2.24, 2.45) is 0 Å². The number of hydrogen-bond acceptors (Lipinski definition) is 6. The maximum absolute atomic E-state index is 12.2. The van der Waals surface area contributed by atoms with E-state index in [1.165, 1.54) is 6.92 Å². The average Bonchev–Trinajstić information content (AvgIpc) is 3.08. The van der Waals surface area contributed by atoms with Gasteiger partial charge in [0, 0.05) is 51.9 Å². The monoisotopic (exact) mass is 519 g/mol. The van der Waals surface area contributed by atoms with Gasteiger partial charge in [-0.25, -0.2) is 0 Å². The fraction of sp³-hybridized carbons (Fsp3) is 0.400. The van der Waals surface area contributed by atoms with Crippen LogP contribution in [0.5, 0.6) is 11.5 Å². The summed E-state index contributed by atoms with van der Waals surface area (Å²) in [5.74, 6) is 1.41. The second-order valence-electron chi connectivity index (χ2n) is 10.1. The van der Waals surface area contributed by atoms with Crippen molar-refractivity contribution in [2.45, 2.75) is 39.0 Å². The van der Waals surface area contributed by atoms with E-state index in [1.807, 2.05) is 73.8 Å². The van der Waals surface area contributed by atoms with Gasteiger partial charge >= 0.3 is 0 Å². The highest BCUT2D eigenvalue weighted by Gasteiger charge is 2.36. The van der Waals surface area contributed by atoms with Gasteiger partial charge < -0.3 is 24.0 Å². The Labute approximate surface area is 224 Å². The molecule has 1 aromatic heterocycles. The highest BCUT2D eigenvalue weighted by atomic mass is 16.5. The van der Waals surface area contributed by atoms with Crippen molar-refractivity contribution >= 4 is 5.91 Å². The van der Waals surface area contributed by atoms with Crippen molar-refractivity contribution in [3.8, 4) is 11.5 Å². The van der Waals surface area contributed by atoms with Gasteiger partial charge in [0.1, 0.15) is 23.7 Å². The minimum absolute atomic E-state index is 0.00147. The summed E-state index contributed by atoms with van der Waals surface area (Å²) in [7, 11) is 0. The van der Waals surface area contributed by atoms with Gasteiger partial charge in [0.2, 0.25) is 5.91 Å². The smallest absolute Gasteiger partial charge is 0.250 e. The minimum Gasteiger partial charge on any atom is -0.494 e. The number of aryl methyl sites for hydroxylation is 2. The molecule has 202 valence electrons. The van der Waals surface area contributed by atoms with Crippen molar-refractivity contribution in [1.29, 1.82) is 0 Å². The summed E-state index contributed by atoms with van der Waals surface area (Å²) >= 11 is 0. The zero-order chi connectivity index (χ0) is 27.0. The van der Waals surface area contributed by atoms with Gasteiger partial charge in [-0.3, -0.25) is 14.5 Å². The Morgan fingerprint density at radius 3 is 2.42 bits per heavy atom. The number of hydrogen-bond donors (Lipinski definition) is 1. The van der Waals surface area contributed by atoms with E-state index in [-0.39, 0.29) is 24.6 Å². The summed E-state index contributed by atoms with van der Waals surface area (Å²) in [4.78, 5) is 27.9. The van der Waals surface area contributed by atoms with Gasteiger partial charge in [-0.15, -0.1) is 0 Å². The molecule has 1 aliphatic heterocycles. The van der Waals surface area contributed by atoms with Crippen LogP contribution >= 0.6 is 0 Å². The molecule has 8 nitrogen and oxygen atoms in total.